The van der Waals surface area contributed by atoms with E-state index >= 15 is 0 Å². The molecular weight excluding hydrogens is 345 g/mol. The van der Waals surface area contributed by atoms with Gasteiger partial charge in [-0.2, -0.15) is 39.5 Å². The predicted molar refractivity (Wildman–Crippen MR) is 39.4 cm³/mol. The van der Waals surface area contributed by atoms with Gasteiger partial charge in [0.2, 0.25) is 0 Å². The monoisotopic (exact) mass is 344 g/mol. The maximum absolute atomic E-state index is 13.3. The molecule has 0 aromatic rings. The van der Waals surface area contributed by atoms with E-state index in [4.69, 9.17) is 0 Å². The van der Waals surface area contributed by atoms with E-state index in [1.807, 2.05) is 0 Å². The quantitative estimate of drug-likeness (QED) is 0.524. The first kappa shape index (κ1) is 17.2. The van der Waals surface area contributed by atoms with Crippen molar-refractivity contribution in [3.05, 3.63) is 0 Å². The van der Waals surface area contributed by atoms with Crippen LogP contribution in [0.3, 0.4) is 0 Å². The first-order valence-corrected chi connectivity index (χ1v) is 4.60. The van der Waals surface area contributed by atoms with E-state index in [2.05, 4.69) is 11.6 Å². The molecule has 0 N–H and O–H groups in total. The number of alkyl halides is 11. The Bertz CT molecular complexity index is 456. The zero-order valence-electron chi connectivity index (χ0n) is 8.44. The Morgan fingerprint density at radius 1 is 0.750 bits per heavy atom. The second-order valence-corrected chi connectivity index (χ2v) is 4.15. The molecule has 1 aliphatic carbocycles. The fourth-order valence-corrected chi connectivity index (χ4v) is 1.90. The predicted octanol–water partition coefficient (Wildman–Crippen LogP) is 3.65. The fraction of sp³-hybridized carbons (Fsp3) is 0.857. The summed E-state index contributed by atoms with van der Waals surface area (Å²) in [5.41, 5.74) is -13.9. The molecule has 0 spiro atoms. The highest BCUT2D eigenvalue weighted by molar-refractivity contribution is 6.65. The smallest absolute Gasteiger partial charge is 0.277 e. The minimum Gasteiger partial charge on any atom is -0.277 e. The van der Waals surface area contributed by atoms with E-state index in [0.717, 1.165) is 0 Å². The van der Waals surface area contributed by atoms with Crippen molar-refractivity contribution < 1.29 is 53.1 Å². The Kier molecular flexibility index (Phi) is 3.18. The van der Waals surface area contributed by atoms with E-state index in [-0.39, 0.29) is 0 Å². The summed E-state index contributed by atoms with van der Waals surface area (Å²) in [5, 5.41) is -3.59. The van der Waals surface area contributed by atoms with Crippen molar-refractivity contribution in [2.75, 3.05) is 0 Å². The largest absolute Gasteiger partial charge is 0.435 e. The van der Waals surface area contributed by atoms with Gasteiger partial charge in [-0.05, 0) is 11.6 Å². The van der Waals surface area contributed by atoms with Crippen LogP contribution >= 0.6 is 11.6 Å². The number of halogens is 12. The minimum absolute atomic E-state index is 3.59. The molecule has 0 bridgehead atoms. The molecule has 0 aromatic carbocycles. The van der Waals surface area contributed by atoms with Crippen molar-refractivity contribution in [3.63, 3.8) is 0 Å². The highest BCUT2D eigenvalue weighted by atomic mass is 35.5. The Balaban J connectivity index is 3.90. The molecule has 0 heterocycles. The molecule has 0 amide bonds. The molecule has 118 valence electrons. The van der Waals surface area contributed by atoms with Gasteiger partial charge in [0.25, 0.3) is 5.24 Å². The average Bonchev–Trinajstić information content (AvgIpc) is 2.28. The van der Waals surface area contributed by atoms with Crippen LogP contribution in [0, 0.1) is 0 Å². The van der Waals surface area contributed by atoms with Crippen LogP contribution in [0.2, 0.25) is 0 Å². The highest BCUT2D eigenvalue weighted by Gasteiger charge is 3.06. The normalized spacial score (nSPS) is 38.8. The SMILES string of the molecule is O=C(Cl)C1(F)C(F)(F)C(F)(F)C(F)(C(F)(F)F)C1(F)F. The molecule has 13 heteroatoms. The van der Waals surface area contributed by atoms with Gasteiger partial charge in [-0.3, -0.25) is 4.79 Å². The average molecular weight is 345 g/mol. The summed E-state index contributed by atoms with van der Waals surface area (Å²) in [6, 6.07) is 0. The van der Waals surface area contributed by atoms with Crippen LogP contribution in [0.15, 0.2) is 0 Å². The van der Waals surface area contributed by atoms with Crippen LogP contribution in [0.5, 0.6) is 0 Å². The van der Waals surface area contributed by atoms with Crippen LogP contribution in [-0.4, -0.2) is 40.5 Å². The van der Waals surface area contributed by atoms with E-state index in [1.165, 1.54) is 0 Å². The van der Waals surface area contributed by atoms with Gasteiger partial charge >= 0.3 is 35.3 Å². The summed E-state index contributed by atoms with van der Waals surface area (Å²) >= 11 is 3.96. The first-order valence-electron chi connectivity index (χ1n) is 4.22. The topological polar surface area (TPSA) is 17.1 Å². The Morgan fingerprint density at radius 2 is 1.10 bits per heavy atom. The van der Waals surface area contributed by atoms with Gasteiger partial charge in [-0.1, -0.05) is 0 Å². The lowest BCUT2D eigenvalue weighted by atomic mass is 9.93. The molecule has 0 aliphatic heterocycles. The summed E-state index contributed by atoms with van der Waals surface area (Å²) in [6.45, 7) is 0. The standard InChI is InChI=1S/C7ClF11O/c8-1(20)2(9)4(11,12)3(10,7(17,18)19)6(15,16)5(2,13)14. The van der Waals surface area contributed by atoms with Crippen LogP contribution in [0.25, 0.3) is 0 Å². The molecule has 20 heavy (non-hydrogen) atoms. The van der Waals surface area contributed by atoms with Crippen molar-refractivity contribution in [1.29, 1.82) is 0 Å². The molecule has 1 fully saturated rings. The van der Waals surface area contributed by atoms with Gasteiger partial charge in [0.1, 0.15) is 0 Å². The van der Waals surface area contributed by atoms with Gasteiger partial charge < -0.3 is 0 Å². The van der Waals surface area contributed by atoms with E-state index in [9.17, 15) is 53.1 Å². The zero-order chi connectivity index (χ0) is 16.6. The van der Waals surface area contributed by atoms with Crippen molar-refractivity contribution in [3.8, 4) is 0 Å². The van der Waals surface area contributed by atoms with E-state index in [1.54, 1.807) is 0 Å². The molecular formula is C7ClF11O. The van der Waals surface area contributed by atoms with Crippen molar-refractivity contribution >= 4 is 16.8 Å². The maximum Gasteiger partial charge on any atom is 0.435 e. The summed E-state index contributed by atoms with van der Waals surface area (Å²) in [7, 11) is 0. The van der Waals surface area contributed by atoms with E-state index < -0.39 is 40.5 Å². The van der Waals surface area contributed by atoms with Crippen molar-refractivity contribution in [2.45, 2.75) is 35.3 Å². The van der Waals surface area contributed by atoms with Gasteiger partial charge in [-0.25, -0.2) is 8.78 Å². The van der Waals surface area contributed by atoms with Crippen LogP contribution in [0.4, 0.5) is 48.3 Å². The van der Waals surface area contributed by atoms with Crippen LogP contribution in [-0.2, 0) is 4.79 Å². The summed E-state index contributed by atoms with van der Waals surface area (Å²) in [5.74, 6) is -21.5. The second kappa shape index (κ2) is 3.69. The molecule has 0 aromatic heterocycles. The molecule has 1 nitrogen and oxygen atoms in total. The molecule has 1 rings (SSSR count). The molecule has 1 saturated carbocycles. The van der Waals surface area contributed by atoms with Gasteiger partial charge in [-0.15, -0.1) is 0 Å². The third kappa shape index (κ3) is 1.29. The summed E-state index contributed by atoms with van der Waals surface area (Å²) in [4.78, 5) is 10.3. The van der Waals surface area contributed by atoms with Crippen molar-refractivity contribution in [2.24, 2.45) is 0 Å². The lowest BCUT2D eigenvalue weighted by Gasteiger charge is -2.33. The van der Waals surface area contributed by atoms with Crippen molar-refractivity contribution in [1.82, 2.24) is 0 Å². The zero-order valence-corrected chi connectivity index (χ0v) is 9.20. The van der Waals surface area contributed by atoms with Gasteiger partial charge in [0.15, 0.2) is 0 Å². The highest BCUT2D eigenvalue weighted by Crippen LogP contribution is 2.72. The van der Waals surface area contributed by atoms with Gasteiger partial charge in [0, 0.05) is 0 Å². The lowest BCUT2D eigenvalue weighted by molar-refractivity contribution is -0.358. The molecule has 1 aliphatic rings. The number of rotatable bonds is 1. The van der Waals surface area contributed by atoms with Gasteiger partial charge in [0.05, 0.1) is 0 Å². The Hall–Kier alpha value is -0.810. The van der Waals surface area contributed by atoms with E-state index in [0.29, 0.717) is 0 Å². The maximum atomic E-state index is 13.3. The van der Waals surface area contributed by atoms with Crippen LogP contribution < -0.4 is 0 Å². The number of hydrogen-bond donors (Lipinski definition) is 0. The second-order valence-electron chi connectivity index (χ2n) is 3.81. The summed E-state index contributed by atoms with van der Waals surface area (Å²) < 4.78 is 140. The Labute approximate surface area is 106 Å². The third-order valence-corrected chi connectivity index (χ3v) is 3.05. The molecule has 2 atom stereocenters. The molecule has 0 radical (unpaired) electrons. The minimum atomic E-state index is -7.32. The first-order chi connectivity index (χ1) is 8.44. The Morgan fingerprint density at radius 3 is 1.25 bits per heavy atom. The molecule has 0 saturated heterocycles. The lowest BCUT2D eigenvalue weighted by Crippen LogP contribution is -2.64. The number of hydrogen-bond acceptors (Lipinski definition) is 1. The third-order valence-electron chi connectivity index (χ3n) is 2.79. The van der Waals surface area contributed by atoms with Crippen LogP contribution in [0.1, 0.15) is 0 Å². The fourth-order valence-electron chi connectivity index (χ4n) is 1.67. The molecule has 2 unspecified atom stereocenters. The number of carbonyl (C=O) groups excluding carboxylic acids is 1. The number of carbonyl (C=O) groups is 1. The summed E-state index contributed by atoms with van der Waals surface area (Å²) in [6.07, 6.45) is -7.32.